The molecule has 0 saturated heterocycles. The molecule has 3 aromatic rings. The maximum Gasteiger partial charge on any atom is 0.118 e. The van der Waals surface area contributed by atoms with Gasteiger partial charge in [-0.3, -0.25) is 4.98 Å². The number of aromatic nitrogens is 2. The fourth-order valence-electron chi connectivity index (χ4n) is 2.35. The van der Waals surface area contributed by atoms with Gasteiger partial charge in [-0.1, -0.05) is 36.4 Å². The zero-order valence-corrected chi connectivity index (χ0v) is 14.8. The number of hydrogen-bond donors (Lipinski definition) is 0. The average Bonchev–Trinajstić information content (AvgIpc) is 2.72. The predicted molar refractivity (Wildman–Crippen MR) is 106 cm³/mol. The van der Waals surface area contributed by atoms with Gasteiger partial charge in [-0.2, -0.15) is 0 Å². The van der Waals surface area contributed by atoms with Gasteiger partial charge in [0.2, 0.25) is 0 Å². The molecule has 2 aromatic carbocycles. The quantitative estimate of drug-likeness (QED) is 0.642. The van der Waals surface area contributed by atoms with Crippen LogP contribution in [-0.4, -0.2) is 24.2 Å². The lowest BCUT2D eigenvalue weighted by molar-refractivity contribution is 0.414. The Kier molecular flexibility index (Phi) is 5.78. The second-order valence-corrected chi connectivity index (χ2v) is 5.58. The largest absolute Gasteiger partial charge is 0.497 e. The lowest BCUT2D eigenvalue weighted by Crippen LogP contribution is -1.87. The summed E-state index contributed by atoms with van der Waals surface area (Å²) >= 11 is 0. The second-order valence-electron chi connectivity index (χ2n) is 5.58. The van der Waals surface area contributed by atoms with Gasteiger partial charge in [0.15, 0.2) is 0 Å². The van der Waals surface area contributed by atoms with E-state index in [0.29, 0.717) is 0 Å². The molecule has 0 aliphatic carbocycles. The van der Waals surface area contributed by atoms with E-state index in [2.05, 4.69) is 9.97 Å². The molecule has 0 aliphatic rings. The number of nitrogens with zero attached hydrogens (tertiary/aromatic N) is 2. The Morgan fingerprint density at radius 3 is 1.42 bits per heavy atom. The van der Waals surface area contributed by atoms with E-state index in [0.717, 1.165) is 34.0 Å². The standard InChI is InChI=1S/C22H20N2O2/c1-25-21-11-5-17(6-12-21)3-9-19-15-23-16-20(24-19)10-4-18-7-13-22(26-2)14-8-18/h3-16H,1-2H3/b9-3+,10-4+. The third-order valence-electron chi connectivity index (χ3n) is 3.80. The molecule has 0 amide bonds. The zero-order valence-electron chi connectivity index (χ0n) is 14.8. The van der Waals surface area contributed by atoms with Crippen LogP contribution >= 0.6 is 0 Å². The van der Waals surface area contributed by atoms with Crippen molar-refractivity contribution in [3.8, 4) is 11.5 Å². The molecule has 130 valence electrons. The molecule has 0 saturated carbocycles. The molecule has 1 heterocycles. The number of ether oxygens (including phenoxy) is 2. The molecule has 0 bridgehead atoms. The lowest BCUT2D eigenvalue weighted by atomic mass is 10.2. The van der Waals surface area contributed by atoms with Crippen LogP contribution in [0.2, 0.25) is 0 Å². The first-order valence-corrected chi connectivity index (χ1v) is 8.23. The number of hydrogen-bond acceptors (Lipinski definition) is 4. The molecule has 0 fully saturated rings. The molecular weight excluding hydrogens is 324 g/mol. The maximum absolute atomic E-state index is 5.16. The summed E-state index contributed by atoms with van der Waals surface area (Å²) in [6.45, 7) is 0. The van der Waals surface area contributed by atoms with Crippen LogP contribution in [0.25, 0.3) is 24.3 Å². The molecule has 1 aromatic heterocycles. The topological polar surface area (TPSA) is 44.2 Å². The lowest BCUT2D eigenvalue weighted by Gasteiger charge is -2.00. The van der Waals surface area contributed by atoms with E-state index in [1.807, 2.05) is 72.8 Å². The van der Waals surface area contributed by atoms with Gasteiger partial charge in [-0.15, -0.1) is 0 Å². The van der Waals surface area contributed by atoms with E-state index in [1.165, 1.54) is 0 Å². The normalized spacial score (nSPS) is 11.2. The van der Waals surface area contributed by atoms with Crippen LogP contribution in [0.3, 0.4) is 0 Å². The highest BCUT2D eigenvalue weighted by Gasteiger charge is 1.95. The summed E-state index contributed by atoms with van der Waals surface area (Å²) in [6.07, 6.45) is 11.4. The van der Waals surface area contributed by atoms with Gasteiger partial charge in [-0.25, -0.2) is 4.98 Å². The van der Waals surface area contributed by atoms with Crippen molar-refractivity contribution in [2.75, 3.05) is 14.2 Å². The number of benzene rings is 2. The minimum absolute atomic E-state index is 0.803. The summed E-state index contributed by atoms with van der Waals surface area (Å²) in [5.41, 5.74) is 3.76. The summed E-state index contributed by atoms with van der Waals surface area (Å²) in [4.78, 5) is 8.84. The van der Waals surface area contributed by atoms with Crippen LogP contribution < -0.4 is 9.47 Å². The molecule has 0 aliphatic heterocycles. The van der Waals surface area contributed by atoms with E-state index in [9.17, 15) is 0 Å². The van der Waals surface area contributed by atoms with Gasteiger partial charge in [0.05, 0.1) is 38.0 Å². The Hall–Kier alpha value is -3.40. The molecule has 3 rings (SSSR count). The highest BCUT2D eigenvalue weighted by atomic mass is 16.5. The maximum atomic E-state index is 5.16. The first-order chi connectivity index (χ1) is 12.8. The smallest absolute Gasteiger partial charge is 0.118 e. The van der Waals surface area contributed by atoms with Crippen LogP contribution in [0.1, 0.15) is 22.5 Å². The van der Waals surface area contributed by atoms with Gasteiger partial charge < -0.3 is 9.47 Å². The van der Waals surface area contributed by atoms with Crippen molar-refractivity contribution in [3.63, 3.8) is 0 Å². The third-order valence-corrected chi connectivity index (χ3v) is 3.80. The van der Waals surface area contributed by atoms with Crippen molar-refractivity contribution in [3.05, 3.63) is 83.4 Å². The monoisotopic (exact) mass is 344 g/mol. The Morgan fingerprint density at radius 1 is 0.615 bits per heavy atom. The number of methoxy groups -OCH3 is 2. The van der Waals surface area contributed by atoms with Gasteiger partial charge in [0.1, 0.15) is 11.5 Å². The zero-order chi connectivity index (χ0) is 18.2. The Labute approximate surface area is 153 Å². The van der Waals surface area contributed by atoms with Crippen molar-refractivity contribution in [2.45, 2.75) is 0 Å². The molecular formula is C22H20N2O2. The summed E-state index contributed by atoms with van der Waals surface area (Å²) in [6, 6.07) is 15.7. The van der Waals surface area contributed by atoms with Crippen LogP contribution in [0.5, 0.6) is 11.5 Å². The minimum atomic E-state index is 0.803. The average molecular weight is 344 g/mol. The SMILES string of the molecule is COc1ccc(/C=C/c2cncc(/C=C/c3ccc(OC)cc3)n2)cc1. The summed E-state index contributed by atoms with van der Waals surface area (Å²) in [7, 11) is 3.32. The summed E-state index contributed by atoms with van der Waals surface area (Å²) in [5.74, 6) is 1.68. The van der Waals surface area contributed by atoms with Gasteiger partial charge in [-0.05, 0) is 47.5 Å². The van der Waals surface area contributed by atoms with E-state index in [1.54, 1.807) is 26.6 Å². The van der Waals surface area contributed by atoms with Crippen molar-refractivity contribution >= 4 is 24.3 Å². The Bertz CT molecular complexity index is 825. The third kappa shape index (κ3) is 4.80. The molecule has 0 unspecified atom stereocenters. The minimum Gasteiger partial charge on any atom is -0.497 e. The van der Waals surface area contributed by atoms with Crippen molar-refractivity contribution < 1.29 is 9.47 Å². The molecule has 0 spiro atoms. The first-order valence-electron chi connectivity index (χ1n) is 8.23. The van der Waals surface area contributed by atoms with Crippen LogP contribution in [0.4, 0.5) is 0 Å². The summed E-state index contributed by atoms with van der Waals surface area (Å²) < 4.78 is 10.3. The molecule has 0 N–H and O–H groups in total. The van der Waals surface area contributed by atoms with E-state index in [4.69, 9.17) is 9.47 Å². The van der Waals surface area contributed by atoms with Crippen LogP contribution in [0, 0.1) is 0 Å². The van der Waals surface area contributed by atoms with E-state index in [-0.39, 0.29) is 0 Å². The van der Waals surface area contributed by atoms with Crippen molar-refractivity contribution in [1.82, 2.24) is 9.97 Å². The van der Waals surface area contributed by atoms with Gasteiger partial charge in [0.25, 0.3) is 0 Å². The van der Waals surface area contributed by atoms with Gasteiger partial charge >= 0.3 is 0 Å². The Balaban J connectivity index is 1.70. The van der Waals surface area contributed by atoms with E-state index >= 15 is 0 Å². The molecule has 26 heavy (non-hydrogen) atoms. The molecule has 4 heteroatoms. The van der Waals surface area contributed by atoms with Gasteiger partial charge in [0, 0.05) is 0 Å². The highest BCUT2D eigenvalue weighted by Crippen LogP contribution is 2.15. The Morgan fingerprint density at radius 2 is 1.04 bits per heavy atom. The number of rotatable bonds is 6. The fourth-order valence-corrected chi connectivity index (χ4v) is 2.35. The first kappa shape index (κ1) is 17.4. The van der Waals surface area contributed by atoms with Crippen LogP contribution in [0.15, 0.2) is 60.9 Å². The summed E-state index contributed by atoms with van der Waals surface area (Å²) in [5, 5.41) is 0. The fraction of sp³-hybridized carbons (Fsp3) is 0.0909. The highest BCUT2D eigenvalue weighted by molar-refractivity contribution is 5.70. The molecule has 4 nitrogen and oxygen atoms in total. The van der Waals surface area contributed by atoms with E-state index < -0.39 is 0 Å². The van der Waals surface area contributed by atoms with Crippen LogP contribution in [-0.2, 0) is 0 Å². The second kappa shape index (κ2) is 8.62. The molecule has 0 radical (unpaired) electrons. The predicted octanol–water partition coefficient (Wildman–Crippen LogP) is 4.83. The van der Waals surface area contributed by atoms with Crippen molar-refractivity contribution in [2.24, 2.45) is 0 Å². The van der Waals surface area contributed by atoms with Crippen molar-refractivity contribution in [1.29, 1.82) is 0 Å². The molecule has 0 atom stereocenters.